The summed E-state index contributed by atoms with van der Waals surface area (Å²) in [5, 5.41) is 0. The van der Waals surface area contributed by atoms with E-state index in [2.05, 4.69) is 6.92 Å². The van der Waals surface area contributed by atoms with Crippen LogP contribution in [0.1, 0.15) is 84.0 Å². The molecule has 19 heavy (non-hydrogen) atoms. The highest BCUT2D eigenvalue weighted by Crippen LogP contribution is 2.23. The van der Waals surface area contributed by atoms with Crippen LogP contribution in [-0.4, -0.2) is 18.6 Å². The minimum Gasteiger partial charge on any atom is -0.330 e. The average Bonchev–Trinajstić information content (AvgIpc) is 2.42. The van der Waals surface area contributed by atoms with E-state index in [0.29, 0.717) is 0 Å². The van der Waals surface area contributed by atoms with Gasteiger partial charge in [0.05, 0.1) is 0 Å². The lowest BCUT2D eigenvalue weighted by molar-refractivity contribution is 0.314. The highest BCUT2D eigenvalue weighted by Gasteiger charge is 2.22. The summed E-state index contributed by atoms with van der Waals surface area (Å²) < 4.78 is 0. The van der Waals surface area contributed by atoms with Gasteiger partial charge in [0.15, 0.2) is 0 Å². The molecule has 116 valence electrons. The first-order valence-corrected chi connectivity index (χ1v) is 8.37. The zero-order valence-corrected chi connectivity index (χ0v) is 13.1. The van der Waals surface area contributed by atoms with E-state index in [0.717, 1.165) is 45.2 Å². The fraction of sp³-hybridized carbons (Fsp3) is 1.00. The smallest absolute Gasteiger partial charge is 0.0155 e. The Labute approximate surface area is 120 Å². The molecule has 0 fully saturated rings. The summed E-state index contributed by atoms with van der Waals surface area (Å²) >= 11 is 0. The van der Waals surface area contributed by atoms with Crippen LogP contribution < -0.4 is 17.2 Å². The van der Waals surface area contributed by atoms with E-state index in [9.17, 15) is 0 Å². The third-order valence-electron chi connectivity index (χ3n) is 4.04. The van der Waals surface area contributed by atoms with Crippen LogP contribution in [0.25, 0.3) is 0 Å². The van der Waals surface area contributed by atoms with E-state index in [1.165, 1.54) is 44.9 Å². The molecule has 0 atom stereocenters. The summed E-state index contributed by atoms with van der Waals surface area (Å²) in [6, 6.07) is 0. The molecule has 0 aliphatic rings. The Bertz CT molecular complexity index is 175. The molecular formula is C16H37N3. The summed E-state index contributed by atoms with van der Waals surface area (Å²) in [6.07, 6.45) is 14.8. The van der Waals surface area contributed by atoms with Gasteiger partial charge in [0.2, 0.25) is 0 Å². The van der Waals surface area contributed by atoms with E-state index in [1.807, 2.05) is 0 Å². The summed E-state index contributed by atoms with van der Waals surface area (Å²) in [7, 11) is 0. The monoisotopic (exact) mass is 271 g/mol. The molecule has 0 rings (SSSR count). The minimum absolute atomic E-state index is 0.0117. The Kier molecular flexibility index (Phi) is 12.8. The van der Waals surface area contributed by atoms with Gasteiger partial charge in [-0.3, -0.25) is 0 Å². The van der Waals surface area contributed by atoms with E-state index >= 15 is 0 Å². The maximum atomic E-state index is 6.52. The normalized spacial score (nSPS) is 12.0. The van der Waals surface area contributed by atoms with Crippen molar-refractivity contribution in [1.29, 1.82) is 0 Å². The van der Waals surface area contributed by atoms with E-state index < -0.39 is 0 Å². The molecule has 0 bridgehead atoms. The van der Waals surface area contributed by atoms with Crippen LogP contribution in [0.15, 0.2) is 0 Å². The standard InChI is InChI=1S/C16H37N3/c1-2-3-4-5-6-7-8-11-16(19,12-9-14-17)13-10-15-18/h2-15,17-19H2,1H3. The first-order valence-electron chi connectivity index (χ1n) is 8.37. The van der Waals surface area contributed by atoms with Crippen LogP contribution in [0.2, 0.25) is 0 Å². The molecular weight excluding hydrogens is 234 g/mol. The lowest BCUT2D eigenvalue weighted by Gasteiger charge is -2.29. The summed E-state index contributed by atoms with van der Waals surface area (Å²) in [4.78, 5) is 0. The highest BCUT2D eigenvalue weighted by molar-refractivity contribution is 4.84. The third-order valence-corrected chi connectivity index (χ3v) is 4.04. The second-order valence-electron chi connectivity index (χ2n) is 6.02. The van der Waals surface area contributed by atoms with Crippen molar-refractivity contribution in [2.24, 2.45) is 17.2 Å². The molecule has 0 unspecified atom stereocenters. The van der Waals surface area contributed by atoms with Gasteiger partial charge in [0.1, 0.15) is 0 Å². The summed E-state index contributed by atoms with van der Waals surface area (Å²) in [5.41, 5.74) is 17.7. The first-order chi connectivity index (χ1) is 9.18. The zero-order chi connectivity index (χ0) is 14.4. The molecule has 0 radical (unpaired) electrons. The van der Waals surface area contributed by atoms with Crippen molar-refractivity contribution in [3.63, 3.8) is 0 Å². The number of rotatable bonds is 14. The van der Waals surface area contributed by atoms with Crippen molar-refractivity contribution in [1.82, 2.24) is 0 Å². The second-order valence-corrected chi connectivity index (χ2v) is 6.02. The molecule has 3 nitrogen and oxygen atoms in total. The topological polar surface area (TPSA) is 78.1 Å². The molecule has 0 aliphatic heterocycles. The van der Waals surface area contributed by atoms with Crippen LogP contribution >= 0.6 is 0 Å². The molecule has 0 spiro atoms. The van der Waals surface area contributed by atoms with Crippen molar-refractivity contribution in [3.8, 4) is 0 Å². The molecule has 0 aromatic carbocycles. The Hall–Kier alpha value is -0.120. The number of hydrogen-bond donors (Lipinski definition) is 3. The Balaban J connectivity index is 3.72. The maximum Gasteiger partial charge on any atom is 0.0155 e. The van der Waals surface area contributed by atoms with Gasteiger partial charge in [-0.15, -0.1) is 0 Å². The lowest BCUT2D eigenvalue weighted by atomic mass is 9.84. The molecule has 0 heterocycles. The average molecular weight is 271 g/mol. The van der Waals surface area contributed by atoms with Crippen LogP contribution in [0.3, 0.4) is 0 Å². The molecule has 6 N–H and O–H groups in total. The van der Waals surface area contributed by atoms with Crippen LogP contribution in [0.5, 0.6) is 0 Å². The highest BCUT2D eigenvalue weighted by atomic mass is 14.7. The molecule has 0 aromatic heterocycles. The van der Waals surface area contributed by atoms with Gasteiger partial charge in [-0.05, 0) is 45.2 Å². The molecule has 0 aliphatic carbocycles. The van der Waals surface area contributed by atoms with Crippen molar-refractivity contribution < 1.29 is 0 Å². The fourth-order valence-corrected chi connectivity index (χ4v) is 2.72. The molecule has 3 heteroatoms. The maximum absolute atomic E-state index is 6.52. The van der Waals surface area contributed by atoms with Crippen molar-refractivity contribution in [2.45, 2.75) is 89.5 Å². The number of hydrogen-bond acceptors (Lipinski definition) is 3. The van der Waals surface area contributed by atoms with Gasteiger partial charge < -0.3 is 17.2 Å². The van der Waals surface area contributed by atoms with Gasteiger partial charge in [0, 0.05) is 5.54 Å². The molecule has 0 saturated heterocycles. The van der Waals surface area contributed by atoms with Crippen LogP contribution in [0, 0.1) is 0 Å². The van der Waals surface area contributed by atoms with E-state index in [-0.39, 0.29) is 5.54 Å². The fourth-order valence-electron chi connectivity index (χ4n) is 2.72. The Morgan fingerprint density at radius 3 is 1.53 bits per heavy atom. The van der Waals surface area contributed by atoms with Gasteiger partial charge in [0.25, 0.3) is 0 Å². The molecule has 0 amide bonds. The predicted molar refractivity (Wildman–Crippen MR) is 86.1 cm³/mol. The second kappa shape index (κ2) is 12.9. The largest absolute Gasteiger partial charge is 0.330 e. The number of nitrogens with two attached hydrogens (primary N) is 3. The van der Waals surface area contributed by atoms with E-state index in [1.54, 1.807) is 0 Å². The SMILES string of the molecule is CCCCCCCCCC(N)(CCCN)CCCN. The van der Waals surface area contributed by atoms with E-state index in [4.69, 9.17) is 17.2 Å². The van der Waals surface area contributed by atoms with Gasteiger partial charge in [-0.25, -0.2) is 0 Å². The van der Waals surface area contributed by atoms with Gasteiger partial charge >= 0.3 is 0 Å². The third kappa shape index (κ3) is 11.4. The molecule has 0 saturated carbocycles. The number of unbranched alkanes of at least 4 members (excludes halogenated alkanes) is 6. The quantitative estimate of drug-likeness (QED) is 0.424. The van der Waals surface area contributed by atoms with Crippen molar-refractivity contribution >= 4 is 0 Å². The minimum atomic E-state index is -0.0117. The van der Waals surface area contributed by atoms with Gasteiger partial charge in [-0.2, -0.15) is 0 Å². The van der Waals surface area contributed by atoms with Crippen LogP contribution in [-0.2, 0) is 0 Å². The Morgan fingerprint density at radius 2 is 1.05 bits per heavy atom. The molecule has 0 aromatic rings. The van der Waals surface area contributed by atoms with Crippen molar-refractivity contribution in [3.05, 3.63) is 0 Å². The zero-order valence-electron chi connectivity index (χ0n) is 13.1. The Morgan fingerprint density at radius 1 is 0.632 bits per heavy atom. The predicted octanol–water partition coefficient (Wildman–Crippen LogP) is 3.30. The summed E-state index contributed by atoms with van der Waals surface area (Å²) in [6.45, 7) is 3.76. The van der Waals surface area contributed by atoms with Gasteiger partial charge in [-0.1, -0.05) is 51.9 Å². The van der Waals surface area contributed by atoms with Crippen molar-refractivity contribution in [2.75, 3.05) is 13.1 Å². The first kappa shape index (κ1) is 18.9. The van der Waals surface area contributed by atoms with Crippen LogP contribution in [0.4, 0.5) is 0 Å². The lowest BCUT2D eigenvalue weighted by Crippen LogP contribution is -2.40. The summed E-state index contributed by atoms with van der Waals surface area (Å²) in [5.74, 6) is 0.